The lowest BCUT2D eigenvalue weighted by atomic mass is 10.1. The van der Waals surface area contributed by atoms with Gasteiger partial charge >= 0.3 is 0 Å². The average molecular weight is 405 g/mol. The number of benzene rings is 1. The molecular weight excluding hydrogens is 376 g/mol. The van der Waals surface area contributed by atoms with Gasteiger partial charge in [-0.3, -0.25) is 13.8 Å². The molecule has 0 aliphatic carbocycles. The van der Waals surface area contributed by atoms with E-state index < -0.39 is 16.0 Å². The predicted octanol–water partition coefficient (Wildman–Crippen LogP) is 3.31. The van der Waals surface area contributed by atoms with Gasteiger partial charge in [0, 0.05) is 34.4 Å². The molecule has 0 bridgehead atoms. The van der Waals surface area contributed by atoms with Gasteiger partial charge in [0.25, 0.3) is 0 Å². The molecule has 0 saturated carbocycles. The first-order valence-electron chi connectivity index (χ1n) is 9.48. The summed E-state index contributed by atoms with van der Waals surface area (Å²) in [7, 11) is -1.48. The third kappa shape index (κ3) is 5.55. The van der Waals surface area contributed by atoms with Crippen LogP contribution in [-0.2, 0) is 27.8 Å². The van der Waals surface area contributed by atoms with Gasteiger partial charge in [-0.15, -0.1) is 0 Å². The molecule has 2 rings (SSSR count). The van der Waals surface area contributed by atoms with Crippen LogP contribution in [0.5, 0.6) is 5.75 Å². The molecule has 2 N–H and O–H groups in total. The fraction of sp³-hybridized carbons (Fsp3) is 0.429. The Balaban J connectivity index is 2.05. The smallest absolute Gasteiger partial charge is 0.239 e. The lowest BCUT2D eigenvalue weighted by Gasteiger charge is -2.16. The molecule has 6 nitrogen and oxygen atoms in total. The van der Waals surface area contributed by atoms with E-state index >= 15 is 0 Å². The zero-order chi connectivity index (χ0) is 20.7. The second kappa shape index (κ2) is 10.2. The summed E-state index contributed by atoms with van der Waals surface area (Å²) < 4.78 is 18.0. The number of anilines is 1. The number of carbonyl (C=O) groups is 1. The molecular formula is C21H28N2O4S. The minimum absolute atomic E-state index is 0.0896. The van der Waals surface area contributed by atoms with Gasteiger partial charge in [-0.25, -0.2) is 0 Å². The Kier molecular flexibility index (Phi) is 7.99. The molecule has 0 fully saturated rings. The molecule has 152 valence electrons. The Morgan fingerprint density at radius 3 is 2.71 bits per heavy atom. The van der Waals surface area contributed by atoms with Gasteiger partial charge in [-0.1, -0.05) is 32.0 Å². The van der Waals surface area contributed by atoms with Crippen LogP contribution in [0.15, 0.2) is 35.3 Å². The molecule has 28 heavy (non-hydrogen) atoms. The number of para-hydroxylation sites is 1. The highest BCUT2D eigenvalue weighted by atomic mass is 32.2. The fourth-order valence-corrected chi connectivity index (χ4v) is 3.75. The van der Waals surface area contributed by atoms with Crippen molar-refractivity contribution in [2.75, 3.05) is 11.9 Å². The molecule has 1 amide bonds. The zero-order valence-corrected chi connectivity index (χ0v) is 17.7. The van der Waals surface area contributed by atoms with Gasteiger partial charge < -0.3 is 15.0 Å². The Morgan fingerprint density at radius 2 is 2.07 bits per heavy atom. The maximum absolute atomic E-state index is 12.6. The van der Waals surface area contributed by atoms with E-state index in [4.69, 9.17) is 4.74 Å². The lowest BCUT2D eigenvalue weighted by Crippen LogP contribution is -2.30. The molecule has 0 aliphatic rings. The number of aromatic nitrogens is 1. The molecule has 2 unspecified atom stereocenters. The van der Waals surface area contributed by atoms with Gasteiger partial charge in [0.2, 0.25) is 11.3 Å². The molecule has 2 atom stereocenters. The van der Waals surface area contributed by atoms with E-state index in [1.807, 2.05) is 39.0 Å². The normalized spacial score (nSPS) is 13.0. The average Bonchev–Trinajstić information content (AvgIpc) is 2.68. The lowest BCUT2D eigenvalue weighted by molar-refractivity contribution is -0.115. The van der Waals surface area contributed by atoms with Crippen molar-refractivity contribution in [1.29, 1.82) is 0 Å². The Hall–Kier alpha value is -2.41. The van der Waals surface area contributed by atoms with Crippen LogP contribution in [0.2, 0.25) is 0 Å². The van der Waals surface area contributed by atoms with Crippen molar-refractivity contribution >= 4 is 22.4 Å². The van der Waals surface area contributed by atoms with Crippen LogP contribution >= 0.6 is 0 Å². The minimum Gasteiger partial charge on any atom is -0.488 e. The Labute approximate surface area is 168 Å². The fourth-order valence-electron chi connectivity index (χ4n) is 2.73. The highest BCUT2D eigenvalue weighted by Gasteiger charge is 2.22. The van der Waals surface area contributed by atoms with Crippen LogP contribution in [0.4, 0.5) is 5.69 Å². The monoisotopic (exact) mass is 404 g/mol. The highest BCUT2D eigenvalue weighted by molar-refractivity contribution is 7.85. The van der Waals surface area contributed by atoms with E-state index in [2.05, 4.69) is 10.3 Å². The van der Waals surface area contributed by atoms with Crippen LogP contribution in [0, 0.1) is 6.92 Å². The summed E-state index contributed by atoms with van der Waals surface area (Å²) in [6.07, 6.45) is 3.08. The number of aromatic amines is 1. The first kappa shape index (κ1) is 21.9. The summed E-state index contributed by atoms with van der Waals surface area (Å²) in [5, 5.41) is 2.20. The van der Waals surface area contributed by atoms with Crippen LogP contribution in [0.1, 0.15) is 44.0 Å². The largest absolute Gasteiger partial charge is 0.488 e. The van der Waals surface area contributed by atoms with Crippen LogP contribution < -0.4 is 15.5 Å². The second-order valence-electron chi connectivity index (χ2n) is 6.65. The standard InChI is InChI=1S/C21H28N2O4S/c1-5-10-27-19-12-22-17(11-18(19)24)13-28(26)15(4)21(25)23-20-14(3)8-7-9-16(20)6-2/h7-9,11-12,15H,5-6,10,13H2,1-4H3,(H,22,24)(H,23,25). The summed E-state index contributed by atoms with van der Waals surface area (Å²) >= 11 is 0. The number of ether oxygens (including phenoxy) is 1. The van der Waals surface area contributed by atoms with E-state index in [9.17, 15) is 13.8 Å². The highest BCUT2D eigenvalue weighted by Crippen LogP contribution is 2.22. The SMILES string of the molecule is CCCOc1c[nH]c(CS(=O)C(C)C(=O)Nc2c(C)cccc2CC)cc1=O. The molecule has 2 aromatic rings. The summed E-state index contributed by atoms with van der Waals surface area (Å²) in [4.78, 5) is 27.6. The third-order valence-corrected chi connectivity index (χ3v) is 6.05. The first-order valence-corrected chi connectivity index (χ1v) is 10.9. The second-order valence-corrected chi connectivity index (χ2v) is 8.41. The van der Waals surface area contributed by atoms with Crippen LogP contribution in [-0.4, -0.2) is 27.0 Å². The van der Waals surface area contributed by atoms with E-state index in [-0.39, 0.29) is 22.8 Å². The number of hydrogen-bond acceptors (Lipinski definition) is 4. The molecule has 0 radical (unpaired) electrons. The van der Waals surface area contributed by atoms with Crippen molar-refractivity contribution in [2.45, 2.75) is 51.5 Å². The number of pyridine rings is 1. The van der Waals surface area contributed by atoms with E-state index in [1.54, 1.807) is 6.92 Å². The maximum atomic E-state index is 12.6. The number of amides is 1. The van der Waals surface area contributed by atoms with Gasteiger partial charge in [0.1, 0.15) is 5.25 Å². The van der Waals surface area contributed by atoms with Crippen LogP contribution in [0.3, 0.4) is 0 Å². The maximum Gasteiger partial charge on any atom is 0.239 e. The van der Waals surface area contributed by atoms with Gasteiger partial charge in [-0.2, -0.15) is 0 Å². The molecule has 0 saturated heterocycles. The number of nitrogens with one attached hydrogen (secondary N) is 2. The number of hydrogen-bond donors (Lipinski definition) is 2. The predicted molar refractivity (Wildman–Crippen MR) is 113 cm³/mol. The molecule has 7 heteroatoms. The third-order valence-electron chi connectivity index (χ3n) is 4.45. The van der Waals surface area contributed by atoms with Crippen molar-refractivity contribution in [1.82, 2.24) is 4.98 Å². The molecule has 0 spiro atoms. The van der Waals surface area contributed by atoms with Crippen molar-refractivity contribution < 1.29 is 13.7 Å². The topological polar surface area (TPSA) is 88.3 Å². The number of carbonyl (C=O) groups excluding carboxylic acids is 1. The van der Waals surface area contributed by atoms with Crippen molar-refractivity contribution in [2.24, 2.45) is 0 Å². The van der Waals surface area contributed by atoms with E-state index in [0.717, 1.165) is 29.7 Å². The van der Waals surface area contributed by atoms with E-state index in [1.165, 1.54) is 12.3 Å². The van der Waals surface area contributed by atoms with Crippen molar-refractivity contribution in [3.05, 3.63) is 57.5 Å². The Bertz CT molecular complexity index is 908. The number of rotatable bonds is 9. The summed E-state index contributed by atoms with van der Waals surface area (Å²) in [6.45, 7) is 8.01. The summed E-state index contributed by atoms with van der Waals surface area (Å²) in [5.74, 6) is 0.0353. The van der Waals surface area contributed by atoms with Crippen LogP contribution in [0.25, 0.3) is 0 Å². The summed E-state index contributed by atoms with van der Waals surface area (Å²) in [6, 6.07) is 7.24. The van der Waals surface area contributed by atoms with E-state index in [0.29, 0.717) is 12.3 Å². The van der Waals surface area contributed by atoms with Crippen molar-refractivity contribution in [3.63, 3.8) is 0 Å². The summed E-state index contributed by atoms with van der Waals surface area (Å²) in [5.41, 5.74) is 3.04. The molecule has 1 aromatic carbocycles. The molecule has 1 heterocycles. The first-order chi connectivity index (χ1) is 13.4. The van der Waals surface area contributed by atoms with Gasteiger partial charge in [0.05, 0.1) is 12.4 Å². The van der Waals surface area contributed by atoms with Crippen molar-refractivity contribution in [3.8, 4) is 5.75 Å². The van der Waals surface area contributed by atoms with Gasteiger partial charge in [0.15, 0.2) is 5.75 Å². The number of H-pyrrole nitrogens is 1. The van der Waals surface area contributed by atoms with Gasteiger partial charge in [-0.05, 0) is 37.8 Å². The zero-order valence-electron chi connectivity index (χ0n) is 16.8. The minimum atomic E-state index is -1.48. The quantitative estimate of drug-likeness (QED) is 0.671. The Morgan fingerprint density at radius 1 is 1.32 bits per heavy atom. The molecule has 1 aromatic heterocycles. The number of aryl methyl sites for hydroxylation is 2. The molecule has 0 aliphatic heterocycles.